The van der Waals surface area contributed by atoms with Crippen LogP contribution in [0.5, 0.6) is 0 Å². The molecule has 0 unspecified atom stereocenters. The second-order valence-electron chi connectivity index (χ2n) is 6.30. The SMILES string of the molecule is Cc1nc(-c2cccc(NC(=S)N[C@@H]3CCCC[C@@H]3C)c2)cs1. The molecule has 0 bridgehead atoms. The van der Waals surface area contributed by atoms with Crippen LogP contribution < -0.4 is 10.6 Å². The van der Waals surface area contributed by atoms with Gasteiger partial charge in [0, 0.05) is 22.7 Å². The fourth-order valence-corrected chi connectivity index (χ4v) is 4.01. The summed E-state index contributed by atoms with van der Waals surface area (Å²) in [5, 5.41) is 10.7. The third-order valence-corrected chi connectivity index (χ3v) is 5.46. The highest BCUT2D eigenvalue weighted by Crippen LogP contribution is 2.25. The van der Waals surface area contributed by atoms with Gasteiger partial charge < -0.3 is 10.6 Å². The number of aryl methyl sites for hydroxylation is 1. The number of aromatic nitrogens is 1. The van der Waals surface area contributed by atoms with Crippen molar-refractivity contribution in [3.05, 3.63) is 34.7 Å². The van der Waals surface area contributed by atoms with Gasteiger partial charge in [-0.05, 0) is 50.0 Å². The van der Waals surface area contributed by atoms with Gasteiger partial charge in [-0.1, -0.05) is 31.9 Å². The molecule has 0 spiro atoms. The van der Waals surface area contributed by atoms with Crippen LogP contribution in [0.3, 0.4) is 0 Å². The van der Waals surface area contributed by atoms with E-state index in [1.807, 2.05) is 19.1 Å². The van der Waals surface area contributed by atoms with Crippen LogP contribution in [-0.2, 0) is 0 Å². The van der Waals surface area contributed by atoms with Crippen molar-refractivity contribution < 1.29 is 0 Å². The van der Waals surface area contributed by atoms with Crippen LogP contribution in [0.15, 0.2) is 29.6 Å². The molecule has 23 heavy (non-hydrogen) atoms. The van der Waals surface area contributed by atoms with Crippen molar-refractivity contribution in [3.8, 4) is 11.3 Å². The van der Waals surface area contributed by atoms with Crippen LogP contribution in [-0.4, -0.2) is 16.1 Å². The van der Waals surface area contributed by atoms with E-state index in [4.69, 9.17) is 12.2 Å². The maximum atomic E-state index is 5.50. The van der Waals surface area contributed by atoms with Gasteiger partial charge in [0.2, 0.25) is 0 Å². The molecule has 1 aliphatic carbocycles. The first kappa shape index (κ1) is 16.4. The normalized spacial score (nSPS) is 21.0. The molecular formula is C18H23N3S2. The number of hydrogen-bond acceptors (Lipinski definition) is 3. The maximum Gasteiger partial charge on any atom is 0.171 e. The van der Waals surface area contributed by atoms with Crippen LogP contribution in [0, 0.1) is 12.8 Å². The molecule has 0 amide bonds. The van der Waals surface area contributed by atoms with Crippen molar-refractivity contribution in [3.63, 3.8) is 0 Å². The molecule has 2 aromatic rings. The fourth-order valence-electron chi connectivity index (χ4n) is 3.12. The minimum absolute atomic E-state index is 0.494. The van der Waals surface area contributed by atoms with Crippen LogP contribution in [0.2, 0.25) is 0 Å². The smallest absolute Gasteiger partial charge is 0.171 e. The van der Waals surface area contributed by atoms with E-state index in [-0.39, 0.29) is 0 Å². The van der Waals surface area contributed by atoms with E-state index in [2.05, 4.69) is 40.1 Å². The molecule has 122 valence electrons. The zero-order valence-electron chi connectivity index (χ0n) is 13.6. The molecule has 1 heterocycles. The summed E-state index contributed by atoms with van der Waals surface area (Å²) in [6, 6.07) is 8.76. The van der Waals surface area contributed by atoms with Gasteiger partial charge in [-0.2, -0.15) is 0 Å². The molecule has 1 aromatic heterocycles. The van der Waals surface area contributed by atoms with E-state index in [1.165, 1.54) is 25.7 Å². The molecule has 2 atom stereocenters. The molecule has 3 rings (SSSR count). The van der Waals surface area contributed by atoms with Crippen molar-refractivity contribution in [2.24, 2.45) is 5.92 Å². The summed E-state index contributed by atoms with van der Waals surface area (Å²) < 4.78 is 0. The molecule has 5 heteroatoms. The molecule has 1 saturated carbocycles. The number of thiazole rings is 1. The van der Waals surface area contributed by atoms with Crippen molar-refractivity contribution in [1.82, 2.24) is 10.3 Å². The topological polar surface area (TPSA) is 37.0 Å². The minimum atomic E-state index is 0.494. The van der Waals surface area contributed by atoms with Gasteiger partial charge in [-0.25, -0.2) is 4.98 Å². The Balaban J connectivity index is 1.64. The Kier molecular flexibility index (Phi) is 5.28. The van der Waals surface area contributed by atoms with Gasteiger partial charge >= 0.3 is 0 Å². The molecule has 1 aliphatic rings. The number of nitrogens with zero attached hydrogens (tertiary/aromatic N) is 1. The lowest BCUT2D eigenvalue weighted by Crippen LogP contribution is -2.43. The Morgan fingerprint density at radius 3 is 2.87 bits per heavy atom. The van der Waals surface area contributed by atoms with E-state index in [9.17, 15) is 0 Å². The zero-order chi connectivity index (χ0) is 16.2. The third-order valence-electron chi connectivity index (χ3n) is 4.46. The van der Waals surface area contributed by atoms with E-state index in [0.29, 0.717) is 12.0 Å². The summed E-state index contributed by atoms with van der Waals surface area (Å²) in [5.74, 6) is 0.688. The Labute approximate surface area is 147 Å². The van der Waals surface area contributed by atoms with Crippen LogP contribution in [0.1, 0.15) is 37.6 Å². The lowest BCUT2D eigenvalue weighted by Gasteiger charge is -2.30. The highest BCUT2D eigenvalue weighted by atomic mass is 32.1. The van der Waals surface area contributed by atoms with Gasteiger partial charge in [-0.15, -0.1) is 11.3 Å². The first-order valence-electron chi connectivity index (χ1n) is 8.22. The van der Waals surface area contributed by atoms with Crippen molar-refractivity contribution in [1.29, 1.82) is 0 Å². The van der Waals surface area contributed by atoms with Crippen molar-refractivity contribution in [2.75, 3.05) is 5.32 Å². The van der Waals surface area contributed by atoms with E-state index in [1.54, 1.807) is 11.3 Å². The van der Waals surface area contributed by atoms with Crippen molar-refractivity contribution in [2.45, 2.75) is 45.6 Å². The Morgan fingerprint density at radius 2 is 2.13 bits per heavy atom. The molecular weight excluding hydrogens is 322 g/mol. The molecule has 2 N–H and O–H groups in total. The third kappa shape index (κ3) is 4.30. The van der Waals surface area contributed by atoms with E-state index >= 15 is 0 Å². The van der Waals surface area contributed by atoms with Crippen molar-refractivity contribution >= 4 is 34.4 Å². The quantitative estimate of drug-likeness (QED) is 0.769. The second kappa shape index (κ2) is 7.41. The molecule has 0 radical (unpaired) electrons. The lowest BCUT2D eigenvalue weighted by atomic mass is 9.86. The number of anilines is 1. The second-order valence-corrected chi connectivity index (χ2v) is 7.77. The molecule has 1 fully saturated rings. The summed E-state index contributed by atoms with van der Waals surface area (Å²) in [6.07, 6.45) is 5.14. The zero-order valence-corrected chi connectivity index (χ0v) is 15.3. The van der Waals surface area contributed by atoms with Crippen LogP contribution >= 0.6 is 23.6 Å². The summed E-state index contributed by atoms with van der Waals surface area (Å²) in [7, 11) is 0. The Hall–Kier alpha value is -1.46. The van der Waals surface area contributed by atoms with Gasteiger partial charge in [0.05, 0.1) is 10.7 Å². The summed E-state index contributed by atoms with van der Waals surface area (Å²) in [5.41, 5.74) is 3.15. The first-order chi connectivity index (χ1) is 11.1. The van der Waals surface area contributed by atoms with Gasteiger partial charge in [0.15, 0.2) is 5.11 Å². The van der Waals surface area contributed by atoms with E-state index in [0.717, 1.165) is 27.1 Å². The first-order valence-corrected chi connectivity index (χ1v) is 9.50. The number of hydrogen-bond donors (Lipinski definition) is 2. The highest BCUT2D eigenvalue weighted by molar-refractivity contribution is 7.80. The number of rotatable bonds is 3. The van der Waals surface area contributed by atoms with E-state index < -0.39 is 0 Å². The predicted molar refractivity (Wildman–Crippen MR) is 103 cm³/mol. The van der Waals surface area contributed by atoms with Gasteiger partial charge in [-0.3, -0.25) is 0 Å². The standard InChI is InChI=1S/C18H23N3S2/c1-12-6-3-4-9-16(12)21-18(22)20-15-8-5-7-14(10-15)17-11-23-13(2)19-17/h5,7-8,10-12,16H,3-4,6,9H2,1-2H3,(H2,20,21,22)/t12-,16+/m0/s1. The van der Waals surface area contributed by atoms with Gasteiger partial charge in [0.1, 0.15) is 0 Å². The highest BCUT2D eigenvalue weighted by Gasteiger charge is 2.21. The Bertz CT molecular complexity index is 680. The average Bonchev–Trinajstić information content (AvgIpc) is 2.96. The molecule has 0 aliphatic heterocycles. The molecule has 3 nitrogen and oxygen atoms in total. The lowest BCUT2D eigenvalue weighted by molar-refractivity contribution is 0.309. The fraction of sp³-hybridized carbons (Fsp3) is 0.444. The Morgan fingerprint density at radius 1 is 1.30 bits per heavy atom. The molecule has 0 saturated heterocycles. The minimum Gasteiger partial charge on any atom is -0.359 e. The van der Waals surface area contributed by atoms with Crippen LogP contribution in [0.4, 0.5) is 5.69 Å². The molecule has 1 aromatic carbocycles. The monoisotopic (exact) mass is 345 g/mol. The predicted octanol–water partition coefficient (Wildman–Crippen LogP) is 4.98. The average molecular weight is 346 g/mol. The number of thiocarbonyl (C=S) groups is 1. The summed E-state index contributed by atoms with van der Waals surface area (Å²) in [4.78, 5) is 4.55. The largest absolute Gasteiger partial charge is 0.359 e. The summed E-state index contributed by atoms with van der Waals surface area (Å²) >= 11 is 7.17. The number of benzene rings is 1. The van der Waals surface area contributed by atoms with Gasteiger partial charge in [0.25, 0.3) is 0 Å². The number of nitrogens with one attached hydrogen (secondary N) is 2. The van der Waals surface area contributed by atoms with Crippen LogP contribution in [0.25, 0.3) is 11.3 Å². The maximum absolute atomic E-state index is 5.50. The summed E-state index contributed by atoms with van der Waals surface area (Å²) in [6.45, 7) is 4.34.